The van der Waals surface area contributed by atoms with Crippen LogP contribution >= 0.6 is 0 Å². The van der Waals surface area contributed by atoms with E-state index in [1.807, 2.05) is 20.8 Å². The van der Waals surface area contributed by atoms with Crippen LogP contribution in [0.5, 0.6) is 0 Å². The van der Waals surface area contributed by atoms with Crippen molar-refractivity contribution in [3.05, 3.63) is 28.2 Å². The number of hydrogen-bond donors (Lipinski definition) is 3. The molecule has 1 aromatic heterocycles. The Hall–Kier alpha value is -2.18. The largest absolute Gasteiger partial charge is 0.350 e. The fraction of sp³-hybridized carbons (Fsp3) is 0.500. The quantitative estimate of drug-likeness (QED) is 0.705. The molecule has 0 bridgehead atoms. The zero-order chi connectivity index (χ0) is 14.6. The molecule has 7 heteroatoms. The summed E-state index contributed by atoms with van der Waals surface area (Å²) in [4.78, 5) is 34.4. The molecule has 1 unspecified atom stereocenters. The van der Waals surface area contributed by atoms with Crippen molar-refractivity contribution in [2.75, 3.05) is 0 Å². The molecule has 1 atom stereocenters. The molecule has 0 aromatic carbocycles. The van der Waals surface area contributed by atoms with Gasteiger partial charge in [0, 0.05) is 11.6 Å². The molecule has 1 aromatic rings. The van der Waals surface area contributed by atoms with Gasteiger partial charge in [-0.2, -0.15) is 5.10 Å². The summed E-state index contributed by atoms with van der Waals surface area (Å²) in [6.07, 6.45) is 0. The Balaban J connectivity index is 2.64. The molecule has 2 amide bonds. The van der Waals surface area contributed by atoms with Crippen LogP contribution in [-0.4, -0.2) is 33.6 Å². The summed E-state index contributed by atoms with van der Waals surface area (Å²) in [5.41, 5.74) is -0.711. The van der Waals surface area contributed by atoms with Crippen molar-refractivity contribution in [1.82, 2.24) is 20.8 Å². The SMILES string of the molecule is CC(NC(=O)c1ccc(=O)[nH]n1)C(=O)NC(C)(C)C. The third-order valence-corrected chi connectivity index (χ3v) is 2.15. The molecule has 0 aliphatic rings. The first-order valence-electron chi connectivity index (χ1n) is 5.87. The maximum absolute atomic E-state index is 11.8. The predicted molar refractivity (Wildman–Crippen MR) is 69.7 cm³/mol. The third kappa shape index (κ3) is 4.90. The molecule has 0 saturated heterocycles. The van der Waals surface area contributed by atoms with E-state index in [-0.39, 0.29) is 17.1 Å². The smallest absolute Gasteiger partial charge is 0.272 e. The number of hydrogen-bond acceptors (Lipinski definition) is 4. The lowest BCUT2D eigenvalue weighted by molar-refractivity contribution is -0.124. The number of aromatic nitrogens is 2. The highest BCUT2D eigenvalue weighted by atomic mass is 16.2. The van der Waals surface area contributed by atoms with Crippen molar-refractivity contribution in [2.45, 2.75) is 39.3 Å². The van der Waals surface area contributed by atoms with Crippen LogP contribution in [0.15, 0.2) is 16.9 Å². The lowest BCUT2D eigenvalue weighted by Crippen LogP contribution is -2.51. The highest BCUT2D eigenvalue weighted by Gasteiger charge is 2.21. The Bertz CT molecular complexity index is 510. The molecule has 7 nitrogen and oxygen atoms in total. The lowest BCUT2D eigenvalue weighted by atomic mass is 10.1. The maximum atomic E-state index is 11.8. The number of carbonyl (C=O) groups is 2. The standard InChI is InChI=1S/C12H18N4O3/c1-7(10(18)14-12(2,3)4)13-11(19)8-5-6-9(17)16-15-8/h5-7H,1-4H3,(H,13,19)(H,14,18)(H,16,17). The van der Waals surface area contributed by atoms with Gasteiger partial charge in [0.15, 0.2) is 0 Å². The van der Waals surface area contributed by atoms with Gasteiger partial charge < -0.3 is 10.6 Å². The predicted octanol–water partition coefficient (Wildman–Crippen LogP) is -0.197. The number of nitrogens with zero attached hydrogens (tertiary/aromatic N) is 1. The molecule has 0 saturated carbocycles. The minimum Gasteiger partial charge on any atom is -0.350 e. The molecule has 3 N–H and O–H groups in total. The van der Waals surface area contributed by atoms with Crippen molar-refractivity contribution in [3.8, 4) is 0 Å². The van der Waals surface area contributed by atoms with Gasteiger partial charge in [-0.25, -0.2) is 5.10 Å². The first kappa shape index (κ1) is 14.9. The van der Waals surface area contributed by atoms with Gasteiger partial charge in [0.1, 0.15) is 11.7 Å². The van der Waals surface area contributed by atoms with Crippen LogP contribution in [0.25, 0.3) is 0 Å². The minimum absolute atomic E-state index is 0.0509. The van der Waals surface area contributed by atoms with Gasteiger partial charge in [-0.3, -0.25) is 14.4 Å². The number of carbonyl (C=O) groups excluding carboxylic acids is 2. The average molecular weight is 266 g/mol. The molecule has 0 fully saturated rings. The van der Waals surface area contributed by atoms with E-state index < -0.39 is 17.5 Å². The Morgan fingerprint density at radius 3 is 2.42 bits per heavy atom. The van der Waals surface area contributed by atoms with Crippen LogP contribution in [0.4, 0.5) is 0 Å². The van der Waals surface area contributed by atoms with Gasteiger partial charge in [-0.05, 0) is 33.8 Å². The molecule has 19 heavy (non-hydrogen) atoms. The Morgan fingerprint density at radius 1 is 1.32 bits per heavy atom. The monoisotopic (exact) mass is 266 g/mol. The summed E-state index contributed by atoms with van der Waals surface area (Å²) in [5.74, 6) is -0.807. The van der Waals surface area contributed by atoms with E-state index in [9.17, 15) is 14.4 Å². The number of amides is 2. The summed E-state index contributed by atoms with van der Waals surface area (Å²) < 4.78 is 0. The average Bonchev–Trinajstić information content (AvgIpc) is 2.27. The Morgan fingerprint density at radius 2 is 1.95 bits per heavy atom. The first-order chi connectivity index (χ1) is 8.69. The van der Waals surface area contributed by atoms with Gasteiger partial charge in [0.25, 0.3) is 11.5 Å². The number of aromatic amines is 1. The van der Waals surface area contributed by atoms with Crippen molar-refractivity contribution in [2.24, 2.45) is 0 Å². The van der Waals surface area contributed by atoms with Gasteiger partial charge >= 0.3 is 0 Å². The van der Waals surface area contributed by atoms with Gasteiger partial charge in [0.05, 0.1) is 0 Å². The minimum atomic E-state index is -0.694. The second-order valence-electron chi connectivity index (χ2n) is 5.24. The van der Waals surface area contributed by atoms with E-state index >= 15 is 0 Å². The van der Waals surface area contributed by atoms with Crippen molar-refractivity contribution in [1.29, 1.82) is 0 Å². The summed E-state index contributed by atoms with van der Waals surface area (Å²) in [6, 6.07) is 1.80. The summed E-state index contributed by atoms with van der Waals surface area (Å²) in [5, 5.41) is 11.0. The van der Waals surface area contributed by atoms with E-state index in [4.69, 9.17) is 0 Å². The summed E-state index contributed by atoms with van der Waals surface area (Å²) >= 11 is 0. The van der Waals surface area contributed by atoms with Gasteiger partial charge in [-0.1, -0.05) is 0 Å². The molecular formula is C12H18N4O3. The van der Waals surface area contributed by atoms with Crippen LogP contribution in [0.2, 0.25) is 0 Å². The van der Waals surface area contributed by atoms with E-state index in [0.29, 0.717) is 0 Å². The molecule has 0 aliphatic heterocycles. The van der Waals surface area contributed by atoms with Crippen LogP contribution in [0.3, 0.4) is 0 Å². The van der Waals surface area contributed by atoms with Crippen LogP contribution in [0.1, 0.15) is 38.2 Å². The fourth-order valence-electron chi connectivity index (χ4n) is 1.28. The highest BCUT2D eigenvalue weighted by Crippen LogP contribution is 2.00. The second-order valence-corrected chi connectivity index (χ2v) is 5.24. The Labute approximate surface area is 110 Å². The molecule has 0 aliphatic carbocycles. The van der Waals surface area contributed by atoms with Crippen LogP contribution in [-0.2, 0) is 4.79 Å². The number of H-pyrrole nitrogens is 1. The van der Waals surface area contributed by atoms with Crippen molar-refractivity contribution >= 4 is 11.8 Å². The molecule has 0 radical (unpaired) electrons. The highest BCUT2D eigenvalue weighted by molar-refractivity contribution is 5.95. The zero-order valence-corrected chi connectivity index (χ0v) is 11.4. The van der Waals surface area contributed by atoms with E-state index in [1.54, 1.807) is 6.92 Å². The molecule has 1 rings (SSSR count). The molecule has 0 spiro atoms. The number of rotatable bonds is 3. The van der Waals surface area contributed by atoms with Gasteiger partial charge in [-0.15, -0.1) is 0 Å². The number of nitrogens with one attached hydrogen (secondary N) is 3. The van der Waals surface area contributed by atoms with E-state index in [2.05, 4.69) is 20.8 Å². The second kappa shape index (κ2) is 5.64. The fourth-order valence-corrected chi connectivity index (χ4v) is 1.28. The molecular weight excluding hydrogens is 248 g/mol. The van der Waals surface area contributed by atoms with Crippen molar-refractivity contribution < 1.29 is 9.59 Å². The van der Waals surface area contributed by atoms with Crippen molar-refractivity contribution in [3.63, 3.8) is 0 Å². The molecule has 1 heterocycles. The zero-order valence-electron chi connectivity index (χ0n) is 11.4. The van der Waals surface area contributed by atoms with Crippen LogP contribution < -0.4 is 16.2 Å². The third-order valence-electron chi connectivity index (χ3n) is 2.15. The van der Waals surface area contributed by atoms with Crippen LogP contribution in [0, 0.1) is 0 Å². The van der Waals surface area contributed by atoms with E-state index in [0.717, 1.165) is 0 Å². The van der Waals surface area contributed by atoms with E-state index in [1.165, 1.54) is 12.1 Å². The maximum Gasteiger partial charge on any atom is 0.272 e. The normalized spacial score (nSPS) is 12.6. The van der Waals surface area contributed by atoms with Gasteiger partial charge in [0.2, 0.25) is 5.91 Å². The topological polar surface area (TPSA) is 104 Å². The first-order valence-corrected chi connectivity index (χ1v) is 5.87. The molecule has 104 valence electrons. The summed E-state index contributed by atoms with van der Waals surface area (Å²) in [7, 11) is 0. The lowest BCUT2D eigenvalue weighted by Gasteiger charge is -2.23. The Kier molecular flexibility index (Phi) is 4.42. The summed E-state index contributed by atoms with van der Waals surface area (Å²) in [6.45, 7) is 7.12.